The first-order valence-corrected chi connectivity index (χ1v) is 6.22. The summed E-state index contributed by atoms with van der Waals surface area (Å²) in [4.78, 5) is 4.78. The van der Waals surface area contributed by atoms with Crippen molar-refractivity contribution in [2.75, 3.05) is 38.1 Å². The van der Waals surface area contributed by atoms with Gasteiger partial charge in [-0.2, -0.15) is 15.4 Å². The van der Waals surface area contributed by atoms with E-state index in [2.05, 4.69) is 56.5 Å². The Morgan fingerprint density at radius 2 is 1.78 bits per heavy atom. The second-order valence-electron chi connectivity index (χ2n) is 4.69. The van der Waals surface area contributed by atoms with Crippen LogP contribution in [0.2, 0.25) is 0 Å². The maximum absolute atomic E-state index is 4.08. The van der Waals surface area contributed by atoms with E-state index in [1.807, 2.05) is 0 Å². The lowest BCUT2D eigenvalue weighted by atomic mass is 10.1. The molecule has 1 saturated heterocycles. The van der Waals surface area contributed by atoms with Crippen LogP contribution in [-0.2, 0) is 0 Å². The van der Waals surface area contributed by atoms with Crippen molar-refractivity contribution in [1.29, 1.82) is 0 Å². The van der Waals surface area contributed by atoms with Gasteiger partial charge in [0.25, 0.3) is 0 Å². The van der Waals surface area contributed by atoms with E-state index in [1.54, 1.807) is 6.20 Å². The molecule has 1 aromatic carbocycles. The summed E-state index contributed by atoms with van der Waals surface area (Å²) in [5.74, 6) is 0. The zero-order chi connectivity index (χ0) is 12.4. The zero-order valence-electron chi connectivity index (χ0n) is 10.5. The van der Waals surface area contributed by atoms with E-state index in [4.69, 9.17) is 0 Å². The van der Waals surface area contributed by atoms with Crippen molar-refractivity contribution in [3.8, 4) is 11.3 Å². The topological polar surface area (TPSA) is 48.0 Å². The Morgan fingerprint density at radius 3 is 2.39 bits per heavy atom. The summed E-state index contributed by atoms with van der Waals surface area (Å²) >= 11 is 0. The predicted octanol–water partition coefficient (Wildman–Crippen LogP) is 1.22. The molecule has 18 heavy (non-hydrogen) atoms. The number of hydrogen-bond donors (Lipinski definition) is 1. The number of benzene rings is 1. The third kappa shape index (κ3) is 2.22. The molecule has 0 atom stereocenters. The zero-order valence-corrected chi connectivity index (χ0v) is 10.5. The van der Waals surface area contributed by atoms with E-state index in [0.29, 0.717) is 0 Å². The number of anilines is 1. The van der Waals surface area contributed by atoms with Gasteiger partial charge in [-0.1, -0.05) is 12.1 Å². The Hall–Kier alpha value is -1.88. The number of aromatic amines is 1. The first-order valence-electron chi connectivity index (χ1n) is 6.22. The molecular weight excluding hydrogens is 226 g/mol. The first-order chi connectivity index (χ1) is 8.83. The maximum atomic E-state index is 4.08. The Balaban J connectivity index is 1.75. The molecule has 1 aromatic heterocycles. The molecule has 5 nitrogen and oxygen atoms in total. The highest BCUT2D eigenvalue weighted by molar-refractivity contribution is 5.62. The number of rotatable bonds is 2. The second kappa shape index (κ2) is 4.78. The van der Waals surface area contributed by atoms with Crippen molar-refractivity contribution >= 4 is 5.69 Å². The van der Waals surface area contributed by atoms with Gasteiger partial charge in [0, 0.05) is 37.4 Å². The van der Waals surface area contributed by atoms with Gasteiger partial charge in [-0.15, -0.1) is 0 Å². The van der Waals surface area contributed by atoms with Gasteiger partial charge in [-0.3, -0.25) is 0 Å². The fourth-order valence-electron chi connectivity index (χ4n) is 2.25. The molecule has 1 aliphatic heterocycles. The molecule has 0 spiro atoms. The third-order valence-electron chi connectivity index (χ3n) is 3.45. The monoisotopic (exact) mass is 243 g/mol. The van der Waals surface area contributed by atoms with Crippen LogP contribution in [0, 0.1) is 0 Å². The average molecular weight is 243 g/mol. The van der Waals surface area contributed by atoms with Crippen LogP contribution in [0.4, 0.5) is 5.69 Å². The van der Waals surface area contributed by atoms with Crippen LogP contribution in [-0.4, -0.2) is 53.5 Å². The lowest BCUT2D eigenvalue weighted by molar-refractivity contribution is 0.313. The molecule has 0 saturated carbocycles. The number of nitrogens with zero attached hydrogens (tertiary/aromatic N) is 4. The lowest BCUT2D eigenvalue weighted by Gasteiger charge is -2.34. The molecule has 5 heteroatoms. The van der Waals surface area contributed by atoms with Gasteiger partial charge in [-0.25, -0.2) is 0 Å². The SMILES string of the molecule is CN1CCN(c2ccc(-c3cn[nH]n3)cc2)CC1. The molecule has 2 heterocycles. The van der Waals surface area contributed by atoms with E-state index in [-0.39, 0.29) is 0 Å². The summed E-state index contributed by atoms with van der Waals surface area (Å²) in [6.07, 6.45) is 1.74. The van der Waals surface area contributed by atoms with Gasteiger partial charge in [0.15, 0.2) is 0 Å². The van der Waals surface area contributed by atoms with Crippen molar-refractivity contribution in [3.63, 3.8) is 0 Å². The molecular formula is C13H17N5. The minimum atomic E-state index is 0.889. The predicted molar refractivity (Wildman–Crippen MR) is 71.5 cm³/mol. The number of likely N-dealkylation sites (N-methyl/N-ethyl adjacent to an activating group) is 1. The Kier molecular flexibility index (Phi) is 2.98. The molecule has 0 bridgehead atoms. The second-order valence-corrected chi connectivity index (χ2v) is 4.69. The Morgan fingerprint density at radius 1 is 1.06 bits per heavy atom. The first kappa shape index (κ1) is 11.2. The molecule has 94 valence electrons. The van der Waals surface area contributed by atoms with E-state index in [0.717, 1.165) is 37.4 Å². The van der Waals surface area contributed by atoms with E-state index in [9.17, 15) is 0 Å². The molecule has 0 aliphatic carbocycles. The number of nitrogens with one attached hydrogen (secondary N) is 1. The number of hydrogen-bond acceptors (Lipinski definition) is 4. The van der Waals surface area contributed by atoms with Crippen LogP contribution in [0.3, 0.4) is 0 Å². The average Bonchev–Trinajstić information content (AvgIpc) is 2.94. The van der Waals surface area contributed by atoms with Crippen LogP contribution in [0.5, 0.6) is 0 Å². The third-order valence-corrected chi connectivity index (χ3v) is 3.45. The van der Waals surface area contributed by atoms with Gasteiger partial charge in [-0.05, 0) is 19.2 Å². The van der Waals surface area contributed by atoms with Crippen molar-refractivity contribution in [3.05, 3.63) is 30.5 Å². The highest BCUT2D eigenvalue weighted by atomic mass is 15.3. The molecule has 0 amide bonds. The summed E-state index contributed by atoms with van der Waals surface area (Å²) in [7, 11) is 2.17. The van der Waals surface area contributed by atoms with Crippen LogP contribution >= 0.6 is 0 Å². The summed E-state index contributed by atoms with van der Waals surface area (Å²) in [5, 5.41) is 10.5. The summed E-state index contributed by atoms with van der Waals surface area (Å²) in [6, 6.07) is 8.53. The molecule has 1 fully saturated rings. The van der Waals surface area contributed by atoms with Gasteiger partial charge in [0.05, 0.1) is 6.20 Å². The minimum absolute atomic E-state index is 0.889. The summed E-state index contributed by atoms with van der Waals surface area (Å²) in [5.41, 5.74) is 3.27. The van der Waals surface area contributed by atoms with Crippen LogP contribution in [0.15, 0.2) is 30.5 Å². The molecule has 2 aromatic rings. The van der Waals surface area contributed by atoms with E-state index < -0.39 is 0 Å². The van der Waals surface area contributed by atoms with E-state index in [1.165, 1.54) is 5.69 Å². The highest BCUT2D eigenvalue weighted by Crippen LogP contribution is 2.21. The maximum Gasteiger partial charge on any atom is 0.112 e. The largest absolute Gasteiger partial charge is 0.369 e. The van der Waals surface area contributed by atoms with Gasteiger partial charge in [0.1, 0.15) is 5.69 Å². The van der Waals surface area contributed by atoms with Gasteiger partial charge < -0.3 is 9.80 Å². The fourth-order valence-corrected chi connectivity index (χ4v) is 2.25. The molecule has 0 radical (unpaired) electrons. The number of piperazine rings is 1. The van der Waals surface area contributed by atoms with E-state index >= 15 is 0 Å². The van der Waals surface area contributed by atoms with Crippen molar-refractivity contribution in [2.45, 2.75) is 0 Å². The normalized spacial score (nSPS) is 17.1. The smallest absolute Gasteiger partial charge is 0.112 e. The van der Waals surface area contributed by atoms with Crippen molar-refractivity contribution < 1.29 is 0 Å². The standard InChI is InChI=1S/C13H17N5/c1-17-6-8-18(9-7-17)12-4-2-11(3-5-12)13-10-14-16-15-13/h2-5,10H,6-9H2,1H3,(H,14,15,16). The minimum Gasteiger partial charge on any atom is -0.369 e. The molecule has 3 rings (SSSR count). The van der Waals surface area contributed by atoms with Crippen LogP contribution < -0.4 is 4.90 Å². The van der Waals surface area contributed by atoms with Crippen LogP contribution in [0.25, 0.3) is 11.3 Å². The van der Waals surface area contributed by atoms with Crippen molar-refractivity contribution in [2.24, 2.45) is 0 Å². The molecule has 1 N–H and O–H groups in total. The van der Waals surface area contributed by atoms with Crippen molar-refractivity contribution in [1.82, 2.24) is 20.3 Å². The highest BCUT2D eigenvalue weighted by Gasteiger charge is 2.14. The summed E-state index contributed by atoms with van der Waals surface area (Å²) in [6.45, 7) is 4.45. The lowest BCUT2D eigenvalue weighted by Crippen LogP contribution is -2.44. The number of aromatic nitrogens is 3. The van der Waals surface area contributed by atoms with Gasteiger partial charge >= 0.3 is 0 Å². The Labute approximate surface area is 106 Å². The molecule has 1 aliphatic rings. The fraction of sp³-hybridized carbons (Fsp3) is 0.385. The van der Waals surface area contributed by atoms with Crippen LogP contribution in [0.1, 0.15) is 0 Å². The quantitative estimate of drug-likeness (QED) is 0.861. The van der Waals surface area contributed by atoms with Gasteiger partial charge in [0.2, 0.25) is 0 Å². The molecule has 0 unspecified atom stereocenters. The number of H-pyrrole nitrogens is 1. The Bertz CT molecular complexity index is 483. The summed E-state index contributed by atoms with van der Waals surface area (Å²) < 4.78 is 0.